The van der Waals surface area contributed by atoms with Crippen LogP contribution in [0.1, 0.15) is 31.7 Å². The van der Waals surface area contributed by atoms with Crippen LogP contribution in [0.2, 0.25) is 0 Å². The van der Waals surface area contributed by atoms with Gasteiger partial charge in [0.25, 0.3) is 0 Å². The monoisotopic (exact) mass is 292 g/mol. The summed E-state index contributed by atoms with van der Waals surface area (Å²) in [5, 5.41) is 14.8. The number of nitrogens with one attached hydrogen (secondary N) is 1. The molecule has 20 heavy (non-hydrogen) atoms. The second-order valence-corrected chi connectivity index (χ2v) is 6.30. The molecule has 0 spiro atoms. The fourth-order valence-corrected chi connectivity index (χ4v) is 3.48. The zero-order chi connectivity index (χ0) is 14.4. The molecule has 0 saturated carbocycles. The molecular formula is C15H20N2O2S. The zero-order valence-corrected chi connectivity index (χ0v) is 12.4. The van der Waals surface area contributed by atoms with Gasteiger partial charge in [-0.15, -0.1) is 0 Å². The van der Waals surface area contributed by atoms with Gasteiger partial charge in [0.2, 0.25) is 5.91 Å². The number of carbonyl (C=O) groups excluding carboxylic acids is 1. The first kappa shape index (κ1) is 14.9. The van der Waals surface area contributed by atoms with Crippen LogP contribution in [0.25, 0.3) is 0 Å². The Morgan fingerprint density at radius 1 is 1.35 bits per heavy atom. The van der Waals surface area contributed by atoms with Crippen molar-refractivity contribution >= 4 is 29.1 Å². The molecule has 1 aliphatic rings. The summed E-state index contributed by atoms with van der Waals surface area (Å²) in [6, 6.07) is 7.33. The number of oxime groups is 1. The molecule has 1 aliphatic heterocycles. The molecule has 0 atom stereocenters. The Balaban J connectivity index is 1.87. The van der Waals surface area contributed by atoms with Gasteiger partial charge in [-0.25, -0.2) is 0 Å². The second-order valence-electron chi connectivity index (χ2n) is 5.07. The smallest absolute Gasteiger partial charge is 0.224 e. The largest absolute Gasteiger partial charge is 0.411 e. The maximum Gasteiger partial charge on any atom is 0.224 e. The maximum atomic E-state index is 12.0. The third-order valence-electron chi connectivity index (χ3n) is 3.55. The lowest BCUT2D eigenvalue weighted by atomic mass is 9.98. The molecule has 2 rings (SSSR count). The van der Waals surface area contributed by atoms with Crippen molar-refractivity contribution in [3.63, 3.8) is 0 Å². The Hall–Kier alpha value is -1.49. The van der Waals surface area contributed by atoms with Crippen molar-refractivity contribution in [3.8, 4) is 0 Å². The molecule has 5 heteroatoms. The van der Waals surface area contributed by atoms with Gasteiger partial charge in [0.15, 0.2) is 0 Å². The first-order valence-electron chi connectivity index (χ1n) is 6.85. The molecule has 108 valence electrons. The average molecular weight is 292 g/mol. The number of anilines is 1. The van der Waals surface area contributed by atoms with E-state index in [0.29, 0.717) is 18.1 Å². The van der Waals surface area contributed by atoms with Gasteiger partial charge >= 0.3 is 0 Å². The van der Waals surface area contributed by atoms with Crippen LogP contribution in [0.5, 0.6) is 0 Å². The SMILES string of the molecule is C/C(=N/O)c1ccc(NC(=O)CC2CCSCC2)cc1. The first-order valence-corrected chi connectivity index (χ1v) is 8.01. The summed E-state index contributed by atoms with van der Waals surface area (Å²) >= 11 is 1.97. The van der Waals surface area contributed by atoms with Gasteiger partial charge in [-0.05, 0) is 54.9 Å². The minimum Gasteiger partial charge on any atom is -0.411 e. The number of hydrogen-bond acceptors (Lipinski definition) is 4. The summed E-state index contributed by atoms with van der Waals surface area (Å²) in [7, 11) is 0. The van der Waals surface area contributed by atoms with Crippen LogP contribution in [-0.2, 0) is 4.79 Å². The van der Waals surface area contributed by atoms with Crippen molar-refractivity contribution in [2.75, 3.05) is 16.8 Å². The van der Waals surface area contributed by atoms with Crippen molar-refractivity contribution < 1.29 is 10.0 Å². The summed E-state index contributed by atoms with van der Waals surface area (Å²) in [4.78, 5) is 12.0. The van der Waals surface area contributed by atoms with E-state index in [2.05, 4.69) is 10.5 Å². The number of thioether (sulfide) groups is 1. The molecule has 0 bridgehead atoms. The van der Waals surface area contributed by atoms with E-state index in [0.717, 1.165) is 24.1 Å². The zero-order valence-electron chi connectivity index (χ0n) is 11.6. The van der Waals surface area contributed by atoms with Crippen molar-refractivity contribution in [2.45, 2.75) is 26.2 Å². The third kappa shape index (κ3) is 4.27. The van der Waals surface area contributed by atoms with E-state index < -0.39 is 0 Å². The van der Waals surface area contributed by atoms with Crippen molar-refractivity contribution in [1.82, 2.24) is 0 Å². The van der Waals surface area contributed by atoms with Crippen molar-refractivity contribution in [3.05, 3.63) is 29.8 Å². The Morgan fingerprint density at radius 2 is 2.00 bits per heavy atom. The summed E-state index contributed by atoms with van der Waals surface area (Å²) < 4.78 is 0. The number of rotatable bonds is 4. The molecule has 0 aliphatic carbocycles. The highest BCUT2D eigenvalue weighted by Gasteiger charge is 2.17. The average Bonchev–Trinajstić information content (AvgIpc) is 2.48. The molecule has 1 amide bonds. The van der Waals surface area contributed by atoms with Crippen LogP contribution in [0.3, 0.4) is 0 Å². The van der Waals surface area contributed by atoms with Crippen LogP contribution in [0, 0.1) is 5.92 Å². The molecule has 1 aromatic rings. The predicted octanol–water partition coefficient (Wildman–Crippen LogP) is 3.36. The van der Waals surface area contributed by atoms with Gasteiger partial charge in [-0.2, -0.15) is 11.8 Å². The van der Waals surface area contributed by atoms with Crippen LogP contribution < -0.4 is 5.32 Å². The quantitative estimate of drug-likeness (QED) is 0.508. The highest BCUT2D eigenvalue weighted by atomic mass is 32.2. The second kappa shape index (κ2) is 7.33. The predicted molar refractivity (Wildman–Crippen MR) is 83.7 cm³/mol. The van der Waals surface area contributed by atoms with Gasteiger partial charge < -0.3 is 10.5 Å². The van der Waals surface area contributed by atoms with E-state index in [1.165, 1.54) is 11.5 Å². The molecule has 1 saturated heterocycles. The minimum atomic E-state index is 0.0854. The number of nitrogens with zero attached hydrogens (tertiary/aromatic N) is 1. The number of benzene rings is 1. The van der Waals surface area contributed by atoms with E-state index in [9.17, 15) is 4.79 Å². The highest BCUT2D eigenvalue weighted by Crippen LogP contribution is 2.25. The standard InChI is InChI=1S/C15H20N2O2S/c1-11(17-19)13-2-4-14(5-3-13)16-15(18)10-12-6-8-20-9-7-12/h2-5,12,19H,6-10H2,1H3,(H,16,18)/b17-11-. The van der Waals surface area contributed by atoms with Gasteiger partial charge in [0.1, 0.15) is 0 Å². The summed E-state index contributed by atoms with van der Waals surface area (Å²) in [5.41, 5.74) is 2.19. The van der Waals surface area contributed by atoms with Crippen LogP contribution >= 0.6 is 11.8 Å². The fraction of sp³-hybridized carbons (Fsp3) is 0.467. The van der Waals surface area contributed by atoms with Gasteiger partial charge in [-0.3, -0.25) is 4.79 Å². The third-order valence-corrected chi connectivity index (χ3v) is 4.60. The van der Waals surface area contributed by atoms with Gasteiger partial charge in [-0.1, -0.05) is 17.3 Å². The van der Waals surface area contributed by atoms with E-state index >= 15 is 0 Å². The van der Waals surface area contributed by atoms with Crippen LogP contribution in [0.4, 0.5) is 5.69 Å². The highest BCUT2D eigenvalue weighted by molar-refractivity contribution is 7.99. The number of hydrogen-bond donors (Lipinski definition) is 2. The lowest BCUT2D eigenvalue weighted by Gasteiger charge is -2.20. The van der Waals surface area contributed by atoms with E-state index in [-0.39, 0.29) is 5.91 Å². The van der Waals surface area contributed by atoms with Crippen molar-refractivity contribution in [1.29, 1.82) is 0 Å². The van der Waals surface area contributed by atoms with E-state index in [4.69, 9.17) is 5.21 Å². The first-order chi connectivity index (χ1) is 9.69. The van der Waals surface area contributed by atoms with Crippen LogP contribution in [-0.4, -0.2) is 28.3 Å². The molecule has 1 aromatic carbocycles. The molecule has 0 radical (unpaired) electrons. The Labute approximate surface area is 123 Å². The molecular weight excluding hydrogens is 272 g/mol. The fourth-order valence-electron chi connectivity index (χ4n) is 2.28. The summed E-state index contributed by atoms with van der Waals surface area (Å²) in [6.07, 6.45) is 2.89. The molecule has 0 unspecified atom stereocenters. The summed E-state index contributed by atoms with van der Waals surface area (Å²) in [6.45, 7) is 1.73. The lowest BCUT2D eigenvalue weighted by molar-refractivity contribution is -0.117. The molecule has 2 N–H and O–H groups in total. The maximum absolute atomic E-state index is 12.0. The van der Waals surface area contributed by atoms with Crippen molar-refractivity contribution in [2.24, 2.45) is 11.1 Å². The molecule has 4 nitrogen and oxygen atoms in total. The molecule has 0 aromatic heterocycles. The normalized spacial score (nSPS) is 16.9. The Kier molecular flexibility index (Phi) is 5.47. The van der Waals surface area contributed by atoms with Crippen LogP contribution in [0.15, 0.2) is 29.4 Å². The van der Waals surface area contributed by atoms with Gasteiger partial charge in [0.05, 0.1) is 5.71 Å². The Morgan fingerprint density at radius 3 is 2.60 bits per heavy atom. The van der Waals surface area contributed by atoms with E-state index in [1.807, 2.05) is 36.0 Å². The van der Waals surface area contributed by atoms with E-state index in [1.54, 1.807) is 6.92 Å². The molecule has 1 fully saturated rings. The summed E-state index contributed by atoms with van der Waals surface area (Å²) in [5.74, 6) is 2.96. The number of carbonyl (C=O) groups is 1. The van der Waals surface area contributed by atoms with Gasteiger partial charge in [0, 0.05) is 12.1 Å². The number of amides is 1. The topological polar surface area (TPSA) is 61.7 Å². The lowest BCUT2D eigenvalue weighted by Crippen LogP contribution is -2.19. The Bertz CT molecular complexity index is 479. The minimum absolute atomic E-state index is 0.0854. The molecule has 1 heterocycles.